The molecule has 2 aliphatic carbocycles. The van der Waals surface area contributed by atoms with E-state index in [1.807, 2.05) is 7.11 Å². The highest BCUT2D eigenvalue weighted by Crippen LogP contribution is 2.52. The quantitative estimate of drug-likeness (QED) is 0.439. The van der Waals surface area contributed by atoms with E-state index in [-0.39, 0.29) is 0 Å². The Morgan fingerprint density at radius 2 is 2.13 bits per heavy atom. The van der Waals surface area contributed by atoms with E-state index in [4.69, 9.17) is 8.54 Å². The van der Waals surface area contributed by atoms with Gasteiger partial charge in [-0.15, -0.1) is 8.79 Å². The molecular weight excluding hydrogens is 239 g/mol. The van der Waals surface area contributed by atoms with E-state index < -0.39 is 17.3 Å². The molecule has 0 aromatic carbocycles. The molecule has 0 spiro atoms. The largest absolute Gasteiger partial charge is 0.435 e. The molecule has 5 heteroatoms. The number of fused-ring (bicyclic) bond motifs is 2. The fraction of sp³-hybridized carbons (Fsp3) is 0.800. The predicted octanol–water partition coefficient (Wildman–Crippen LogP) is 2.41. The molecule has 1 saturated carbocycles. The van der Waals surface area contributed by atoms with Gasteiger partial charge in [0.05, 0.1) is 0 Å². The molecule has 6 atom stereocenters. The van der Waals surface area contributed by atoms with Crippen molar-refractivity contribution in [2.45, 2.75) is 31.5 Å². The molecule has 0 radical (unpaired) electrons. The summed E-state index contributed by atoms with van der Waals surface area (Å²) in [5, 5.41) is 0. The van der Waals surface area contributed by atoms with Gasteiger partial charge in [-0.3, -0.25) is 0 Å². The van der Waals surface area contributed by atoms with Crippen LogP contribution in [0.15, 0.2) is 12.2 Å². The molecule has 2 aliphatic rings. The first kappa shape index (κ1) is 12.0. The molecule has 86 valence electrons. The maximum atomic E-state index is 6.21. The first-order valence-electron chi connectivity index (χ1n) is 5.72. The summed E-state index contributed by atoms with van der Waals surface area (Å²) >= 11 is 0. The van der Waals surface area contributed by atoms with E-state index in [9.17, 15) is 0 Å². The van der Waals surface area contributed by atoms with Gasteiger partial charge in [-0.05, 0) is 37.8 Å². The first-order chi connectivity index (χ1) is 7.05. The van der Waals surface area contributed by atoms with Gasteiger partial charge >= 0.3 is 8.56 Å². The molecule has 15 heavy (non-hydrogen) atoms. The van der Waals surface area contributed by atoms with E-state index in [1.54, 1.807) is 0 Å². The summed E-state index contributed by atoms with van der Waals surface area (Å²) in [6, 6.07) is 0. The van der Waals surface area contributed by atoms with Crippen LogP contribution >= 0.6 is 8.79 Å². The second kappa shape index (κ2) is 4.42. The third kappa shape index (κ3) is 2.29. The zero-order valence-electron chi connectivity index (χ0n) is 9.77. The lowest BCUT2D eigenvalue weighted by Gasteiger charge is -2.36. The molecule has 2 nitrogen and oxygen atoms in total. The molecule has 0 amide bonds. The Kier molecular flexibility index (Phi) is 3.53. The Hall–Kier alpha value is 0.524. The summed E-state index contributed by atoms with van der Waals surface area (Å²) < 4.78 is 12.0. The lowest BCUT2D eigenvalue weighted by Crippen LogP contribution is -2.46. The summed E-state index contributed by atoms with van der Waals surface area (Å²) in [5.41, 5.74) is 0.688. The van der Waals surface area contributed by atoms with Gasteiger partial charge in [0, 0.05) is 12.7 Å². The van der Waals surface area contributed by atoms with E-state index in [0.717, 1.165) is 11.8 Å². The van der Waals surface area contributed by atoms with E-state index in [1.165, 1.54) is 12.8 Å². The lowest BCUT2D eigenvalue weighted by molar-refractivity contribution is 0.286. The average Bonchev–Trinajstić information content (AvgIpc) is 2.77. The van der Waals surface area contributed by atoms with Crippen LogP contribution in [-0.4, -0.2) is 24.4 Å². The Morgan fingerprint density at radius 3 is 2.53 bits per heavy atom. The molecular formula is C10H21O2PSi2. The molecule has 1 fully saturated rings. The standard InChI is InChI=1S/C10H21O2PSi2/c1-11-15(3,12-14(2)13)10-7-8-4-5-9(10)6-8/h4-5,8-10,14H,6-7,13H2,1-3H3. The van der Waals surface area contributed by atoms with Crippen LogP contribution < -0.4 is 0 Å². The van der Waals surface area contributed by atoms with Gasteiger partial charge in [-0.2, -0.15) is 0 Å². The average molecular weight is 260 g/mol. The van der Waals surface area contributed by atoms with Crippen LogP contribution in [0.2, 0.25) is 18.6 Å². The van der Waals surface area contributed by atoms with Crippen molar-refractivity contribution >= 4 is 26.1 Å². The summed E-state index contributed by atoms with van der Waals surface area (Å²) in [7, 11) is 1.70. The number of rotatable bonds is 4. The fourth-order valence-corrected chi connectivity index (χ4v) is 11.6. The summed E-state index contributed by atoms with van der Waals surface area (Å²) in [6.07, 6.45) is 7.41. The minimum absolute atomic E-state index is 0.688. The number of hydrogen-bond acceptors (Lipinski definition) is 2. The molecule has 2 bridgehead atoms. The predicted molar refractivity (Wildman–Crippen MR) is 71.5 cm³/mol. The van der Waals surface area contributed by atoms with Crippen molar-refractivity contribution in [1.82, 2.24) is 0 Å². The second-order valence-electron chi connectivity index (χ2n) is 4.93. The van der Waals surface area contributed by atoms with Crippen molar-refractivity contribution < 1.29 is 8.54 Å². The molecule has 0 aromatic rings. The molecule has 0 N–H and O–H groups in total. The van der Waals surface area contributed by atoms with Gasteiger partial charge in [0.25, 0.3) is 0 Å². The summed E-state index contributed by atoms with van der Waals surface area (Å²) in [6.45, 7) is 4.46. The van der Waals surface area contributed by atoms with Crippen LogP contribution in [0.4, 0.5) is 0 Å². The van der Waals surface area contributed by atoms with Crippen LogP contribution in [0.25, 0.3) is 0 Å². The lowest BCUT2D eigenvalue weighted by atomic mass is 10.1. The van der Waals surface area contributed by atoms with Gasteiger partial charge in [0.15, 0.2) is 8.71 Å². The Morgan fingerprint density at radius 1 is 1.40 bits per heavy atom. The number of allylic oxidation sites excluding steroid dienone is 2. The van der Waals surface area contributed by atoms with Gasteiger partial charge in [0.1, 0.15) is 0 Å². The van der Waals surface area contributed by atoms with Crippen molar-refractivity contribution in [3.8, 4) is 0 Å². The molecule has 0 heterocycles. The van der Waals surface area contributed by atoms with Crippen LogP contribution in [0, 0.1) is 11.8 Å². The van der Waals surface area contributed by atoms with E-state index >= 15 is 0 Å². The van der Waals surface area contributed by atoms with E-state index in [2.05, 4.69) is 34.0 Å². The third-order valence-electron chi connectivity index (χ3n) is 3.78. The number of hydrogen-bond donors (Lipinski definition) is 0. The monoisotopic (exact) mass is 260 g/mol. The van der Waals surface area contributed by atoms with Gasteiger partial charge in [-0.1, -0.05) is 12.2 Å². The van der Waals surface area contributed by atoms with Gasteiger partial charge in [-0.25, -0.2) is 0 Å². The smallest absolute Gasteiger partial charge is 0.328 e. The van der Waals surface area contributed by atoms with Crippen molar-refractivity contribution in [1.29, 1.82) is 0 Å². The van der Waals surface area contributed by atoms with Crippen molar-refractivity contribution in [2.24, 2.45) is 11.8 Å². The minimum atomic E-state index is -1.92. The highest BCUT2D eigenvalue weighted by atomic mass is 31.3. The van der Waals surface area contributed by atoms with Crippen LogP contribution in [-0.2, 0) is 8.54 Å². The topological polar surface area (TPSA) is 18.5 Å². The normalized spacial score (nSPS) is 39.3. The molecule has 0 aromatic heterocycles. The van der Waals surface area contributed by atoms with Crippen LogP contribution in [0.3, 0.4) is 0 Å². The van der Waals surface area contributed by atoms with Crippen molar-refractivity contribution in [2.75, 3.05) is 7.11 Å². The summed E-state index contributed by atoms with van der Waals surface area (Å²) in [4.78, 5) is 0. The molecule has 0 aliphatic heterocycles. The zero-order chi connectivity index (χ0) is 11.1. The summed E-state index contributed by atoms with van der Waals surface area (Å²) in [5.74, 6) is 1.55. The Balaban J connectivity index is 2.09. The first-order valence-corrected chi connectivity index (χ1v) is 12.4. The maximum Gasteiger partial charge on any atom is 0.328 e. The molecule has 2 rings (SSSR count). The highest BCUT2D eigenvalue weighted by Gasteiger charge is 2.50. The van der Waals surface area contributed by atoms with Crippen molar-refractivity contribution in [3.63, 3.8) is 0 Å². The Bertz CT molecular complexity index is 272. The molecule has 6 unspecified atom stereocenters. The van der Waals surface area contributed by atoms with Gasteiger partial charge in [0.2, 0.25) is 0 Å². The SMILES string of the molecule is CO[Si](C)(O[SiH](C)P)C1CC2C=CC1C2. The fourth-order valence-electron chi connectivity index (χ4n) is 3.04. The molecule has 0 saturated heterocycles. The second-order valence-corrected chi connectivity index (χ2v) is 13.3. The highest BCUT2D eigenvalue weighted by molar-refractivity contribution is 7.60. The zero-order valence-corrected chi connectivity index (χ0v) is 13.1. The minimum Gasteiger partial charge on any atom is -0.435 e. The van der Waals surface area contributed by atoms with Crippen molar-refractivity contribution in [3.05, 3.63) is 12.2 Å². The van der Waals surface area contributed by atoms with Gasteiger partial charge < -0.3 is 8.54 Å². The van der Waals surface area contributed by atoms with E-state index in [0.29, 0.717) is 5.54 Å². The van der Waals surface area contributed by atoms with Crippen LogP contribution in [0.5, 0.6) is 0 Å². The maximum absolute atomic E-state index is 6.21. The third-order valence-corrected chi connectivity index (χ3v) is 11.2. The Labute approximate surface area is 97.5 Å². The van der Waals surface area contributed by atoms with Crippen LogP contribution in [0.1, 0.15) is 12.8 Å².